The molecular weight excluding hydrogens is 196 g/mol. The predicted molar refractivity (Wildman–Crippen MR) is 67.5 cm³/mol. The second kappa shape index (κ2) is 5.44. The molecular formula is C14H22N2. The van der Waals surface area contributed by atoms with E-state index in [9.17, 15) is 0 Å². The lowest BCUT2D eigenvalue weighted by atomic mass is 10.1. The van der Waals surface area contributed by atoms with Crippen molar-refractivity contribution < 1.29 is 0 Å². The van der Waals surface area contributed by atoms with Gasteiger partial charge in [0, 0.05) is 24.4 Å². The first-order chi connectivity index (χ1) is 7.79. The molecule has 0 radical (unpaired) electrons. The highest BCUT2D eigenvalue weighted by Gasteiger charge is 2.30. The molecule has 1 heterocycles. The molecule has 1 aliphatic carbocycles. The fraction of sp³-hybridized carbons (Fsp3) is 0.643. The lowest BCUT2D eigenvalue weighted by Crippen LogP contribution is -2.33. The molecule has 0 saturated heterocycles. The van der Waals surface area contributed by atoms with Crippen LogP contribution in [-0.2, 0) is 6.42 Å². The van der Waals surface area contributed by atoms with E-state index in [0.717, 1.165) is 18.9 Å². The highest BCUT2D eigenvalue weighted by atomic mass is 14.9. The number of nitrogens with zero attached hydrogens (tertiary/aromatic N) is 1. The molecule has 1 fully saturated rings. The number of aryl methyl sites for hydroxylation is 1. The van der Waals surface area contributed by atoms with Crippen LogP contribution in [0.2, 0.25) is 0 Å². The van der Waals surface area contributed by atoms with Crippen LogP contribution >= 0.6 is 0 Å². The van der Waals surface area contributed by atoms with Gasteiger partial charge in [-0.15, -0.1) is 0 Å². The lowest BCUT2D eigenvalue weighted by Gasteiger charge is -2.17. The van der Waals surface area contributed by atoms with Crippen LogP contribution in [0.5, 0.6) is 0 Å². The van der Waals surface area contributed by atoms with Gasteiger partial charge >= 0.3 is 0 Å². The van der Waals surface area contributed by atoms with E-state index in [1.54, 1.807) is 0 Å². The van der Waals surface area contributed by atoms with Crippen LogP contribution in [0.4, 0.5) is 0 Å². The Kier molecular flexibility index (Phi) is 3.94. The van der Waals surface area contributed by atoms with Gasteiger partial charge in [0.1, 0.15) is 0 Å². The zero-order valence-electron chi connectivity index (χ0n) is 10.4. The van der Waals surface area contributed by atoms with Gasteiger partial charge in [0.15, 0.2) is 0 Å². The van der Waals surface area contributed by atoms with E-state index in [1.807, 2.05) is 6.20 Å². The van der Waals surface area contributed by atoms with Gasteiger partial charge in [-0.3, -0.25) is 4.98 Å². The van der Waals surface area contributed by atoms with Crippen LogP contribution in [0, 0.1) is 12.8 Å². The maximum Gasteiger partial charge on any atom is 0.0419 e. The maximum absolute atomic E-state index is 4.50. The average Bonchev–Trinajstić information content (AvgIpc) is 3.11. The van der Waals surface area contributed by atoms with E-state index in [1.165, 1.54) is 30.5 Å². The zero-order valence-corrected chi connectivity index (χ0v) is 10.4. The zero-order chi connectivity index (χ0) is 11.4. The molecule has 0 bridgehead atoms. The summed E-state index contributed by atoms with van der Waals surface area (Å²) in [6.45, 7) is 5.44. The van der Waals surface area contributed by atoms with Crippen molar-refractivity contribution in [2.24, 2.45) is 5.92 Å². The molecule has 1 aromatic rings. The summed E-state index contributed by atoms with van der Waals surface area (Å²) in [5, 5.41) is 3.65. The maximum atomic E-state index is 4.50. The van der Waals surface area contributed by atoms with E-state index in [2.05, 4.69) is 36.3 Å². The minimum Gasteiger partial charge on any atom is -0.313 e. The quantitative estimate of drug-likeness (QED) is 0.794. The number of pyridine rings is 1. The lowest BCUT2D eigenvalue weighted by molar-refractivity contribution is 0.456. The SMILES string of the molecule is CCCNC(Cc1ccc(C)cn1)C1CC1. The topological polar surface area (TPSA) is 24.9 Å². The number of hydrogen-bond donors (Lipinski definition) is 1. The van der Waals surface area contributed by atoms with Crippen molar-refractivity contribution in [1.82, 2.24) is 10.3 Å². The molecule has 0 amide bonds. The van der Waals surface area contributed by atoms with Crippen LogP contribution < -0.4 is 5.32 Å². The third kappa shape index (κ3) is 3.31. The minimum atomic E-state index is 0.648. The largest absolute Gasteiger partial charge is 0.313 e. The average molecular weight is 218 g/mol. The highest BCUT2D eigenvalue weighted by Crippen LogP contribution is 2.33. The normalized spacial score (nSPS) is 17.4. The number of aromatic nitrogens is 1. The molecule has 88 valence electrons. The molecule has 1 N–H and O–H groups in total. The monoisotopic (exact) mass is 218 g/mol. The number of hydrogen-bond acceptors (Lipinski definition) is 2. The molecule has 2 rings (SSSR count). The van der Waals surface area contributed by atoms with E-state index >= 15 is 0 Å². The van der Waals surface area contributed by atoms with Gasteiger partial charge in [-0.05, 0) is 50.3 Å². The Hall–Kier alpha value is -0.890. The fourth-order valence-electron chi connectivity index (χ4n) is 2.08. The second-order valence-corrected chi connectivity index (χ2v) is 4.93. The number of nitrogens with one attached hydrogen (secondary N) is 1. The number of rotatable bonds is 6. The Bertz CT molecular complexity index is 314. The third-order valence-corrected chi connectivity index (χ3v) is 3.25. The molecule has 1 atom stereocenters. The summed E-state index contributed by atoms with van der Waals surface area (Å²) in [5.41, 5.74) is 2.47. The van der Waals surface area contributed by atoms with Gasteiger partial charge in [0.05, 0.1) is 0 Å². The summed E-state index contributed by atoms with van der Waals surface area (Å²) in [7, 11) is 0. The molecule has 1 saturated carbocycles. The summed E-state index contributed by atoms with van der Waals surface area (Å²) in [4.78, 5) is 4.50. The summed E-state index contributed by atoms with van der Waals surface area (Å²) in [5.74, 6) is 0.898. The molecule has 0 spiro atoms. The van der Waals surface area contributed by atoms with Crippen LogP contribution in [0.1, 0.15) is 37.4 Å². The Labute approximate surface area is 98.5 Å². The smallest absolute Gasteiger partial charge is 0.0419 e. The fourth-order valence-corrected chi connectivity index (χ4v) is 2.08. The van der Waals surface area contributed by atoms with Crippen molar-refractivity contribution in [2.75, 3.05) is 6.54 Å². The Balaban J connectivity index is 1.91. The van der Waals surface area contributed by atoms with Gasteiger partial charge < -0.3 is 5.32 Å². The van der Waals surface area contributed by atoms with E-state index in [0.29, 0.717) is 6.04 Å². The Morgan fingerprint density at radius 1 is 1.44 bits per heavy atom. The first kappa shape index (κ1) is 11.6. The molecule has 0 aromatic carbocycles. The summed E-state index contributed by atoms with van der Waals surface area (Å²) >= 11 is 0. The first-order valence-electron chi connectivity index (χ1n) is 6.44. The van der Waals surface area contributed by atoms with Crippen LogP contribution in [0.25, 0.3) is 0 Å². The molecule has 1 unspecified atom stereocenters. The van der Waals surface area contributed by atoms with Crippen LogP contribution in [0.15, 0.2) is 18.3 Å². The van der Waals surface area contributed by atoms with Gasteiger partial charge in [-0.1, -0.05) is 13.0 Å². The van der Waals surface area contributed by atoms with Gasteiger partial charge in [0.25, 0.3) is 0 Å². The van der Waals surface area contributed by atoms with Crippen molar-refractivity contribution >= 4 is 0 Å². The van der Waals surface area contributed by atoms with Crippen molar-refractivity contribution in [3.8, 4) is 0 Å². The van der Waals surface area contributed by atoms with Crippen LogP contribution in [-0.4, -0.2) is 17.6 Å². The minimum absolute atomic E-state index is 0.648. The molecule has 0 aliphatic heterocycles. The Morgan fingerprint density at radius 2 is 2.25 bits per heavy atom. The summed E-state index contributed by atoms with van der Waals surface area (Å²) < 4.78 is 0. The van der Waals surface area contributed by atoms with Crippen molar-refractivity contribution in [3.63, 3.8) is 0 Å². The first-order valence-corrected chi connectivity index (χ1v) is 6.44. The summed E-state index contributed by atoms with van der Waals surface area (Å²) in [6.07, 6.45) is 7.06. The third-order valence-electron chi connectivity index (χ3n) is 3.25. The van der Waals surface area contributed by atoms with Crippen molar-refractivity contribution in [3.05, 3.63) is 29.6 Å². The predicted octanol–water partition coefficient (Wildman–Crippen LogP) is 2.71. The van der Waals surface area contributed by atoms with E-state index in [-0.39, 0.29) is 0 Å². The van der Waals surface area contributed by atoms with Crippen LogP contribution in [0.3, 0.4) is 0 Å². The molecule has 16 heavy (non-hydrogen) atoms. The Morgan fingerprint density at radius 3 is 2.81 bits per heavy atom. The van der Waals surface area contributed by atoms with Gasteiger partial charge in [-0.25, -0.2) is 0 Å². The van der Waals surface area contributed by atoms with Gasteiger partial charge in [-0.2, -0.15) is 0 Å². The summed E-state index contributed by atoms with van der Waals surface area (Å²) in [6, 6.07) is 4.97. The standard InChI is InChI=1S/C14H22N2/c1-3-8-15-14(12-5-6-12)9-13-7-4-11(2)10-16-13/h4,7,10,12,14-15H,3,5-6,8-9H2,1-2H3. The highest BCUT2D eigenvalue weighted by molar-refractivity contribution is 5.13. The van der Waals surface area contributed by atoms with E-state index in [4.69, 9.17) is 0 Å². The molecule has 1 aromatic heterocycles. The van der Waals surface area contributed by atoms with Crippen molar-refractivity contribution in [2.45, 2.75) is 45.6 Å². The molecule has 1 aliphatic rings. The van der Waals surface area contributed by atoms with Gasteiger partial charge in [0.2, 0.25) is 0 Å². The van der Waals surface area contributed by atoms with Crippen molar-refractivity contribution in [1.29, 1.82) is 0 Å². The second-order valence-electron chi connectivity index (χ2n) is 4.93. The molecule has 2 nitrogen and oxygen atoms in total. The molecule has 2 heteroatoms. The van der Waals surface area contributed by atoms with E-state index < -0.39 is 0 Å².